The van der Waals surface area contributed by atoms with Crippen molar-refractivity contribution < 1.29 is 4.79 Å². The van der Waals surface area contributed by atoms with Crippen LogP contribution in [-0.4, -0.2) is 10.9 Å². The third-order valence-corrected chi connectivity index (χ3v) is 4.46. The Morgan fingerprint density at radius 1 is 1.13 bits per heavy atom. The lowest BCUT2D eigenvalue weighted by molar-refractivity contribution is -0.120. The van der Waals surface area contributed by atoms with Gasteiger partial charge in [0.2, 0.25) is 5.91 Å². The molecule has 1 aromatic carbocycles. The van der Waals surface area contributed by atoms with Crippen molar-refractivity contribution in [2.45, 2.75) is 38.5 Å². The normalized spacial score (nSPS) is 15.1. The molecule has 118 valence electrons. The largest absolute Gasteiger partial charge is 0.358 e. The van der Waals surface area contributed by atoms with Gasteiger partial charge in [0.15, 0.2) is 0 Å². The Morgan fingerprint density at radius 2 is 1.87 bits per heavy atom. The lowest BCUT2D eigenvalue weighted by Gasteiger charge is -2.20. The van der Waals surface area contributed by atoms with Crippen molar-refractivity contribution in [3.8, 4) is 17.3 Å². The highest BCUT2D eigenvalue weighted by molar-refractivity contribution is 5.92. The van der Waals surface area contributed by atoms with Crippen LogP contribution in [0.25, 0.3) is 11.3 Å². The van der Waals surface area contributed by atoms with Crippen molar-refractivity contribution in [3.05, 3.63) is 42.1 Å². The van der Waals surface area contributed by atoms with Crippen LogP contribution >= 0.6 is 0 Å². The van der Waals surface area contributed by atoms with Crippen molar-refractivity contribution in [1.29, 1.82) is 5.26 Å². The summed E-state index contributed by atoms with van der Waals surface area (Å²) >= 11 is 0. The molecule has 23 heavy (non-hydrogen) atoms. The fraction of sp³-hybridized carbons (Fsp3) is 0.368. The average Bonchev–Trinajstić information content (AvgIpc) is 3.05. The molecule has 1 aliphatic rings. The molecule has 1 fully saturated rings. The first-order valence-electron chi connectivity index (χ1n) is 8.22. The van der Waals surface area contributed by atoms with Gasteiger partial charge < -0.3 is 10.3 Å². The first-order valence-corrected chi connectivity index (χ1v) is 8.22. The lowest BCUT2D eigenvalue weighted by Crippen LogP contribution is -2.24. The van der Waals surface area contributed by atoms with E-state index in [1.165, 1.54) is 6.42 Å². The molecule has 0 atom stereocenters. The van der Waals surface area contributed by atoms with Gasteiger partial charge in [0.1, 0.15) is 0 Å². The Bertz CT molecular complexity index is 703. The zero-order chi connectivity index (χ0) is 16.1. The van der Waals surface area contributed by atoms with Crippen LogP contribution in [0.5, 0.6) is 0 Å². The summed E-state index contributed by atoms with van der Waals surface area (Å²) in [6, 6.07) is 13.9. The van der Waals surface area contributed by atoms with Crippen molar-refractivity contribution >= 4 is 11.6 Å². The second-order valence-electron chi connectivity index (χ2n) is 6.13. The van der Waals surface area contributed by atoms with E-state index in [0.717, 1.165) is 48.3 Å². The molecule has 1 aromatic heterocycles. The Kier molecular flexibility index (Phi) is 4.77. The molecule has 4 heteroatoms. The van der Waals surface area contributed by atoms with Gasteiger partial charge in [0.05, 0.1) is 12.5 Å². The van der Waals surface area contributed by atoms with E-state index in [-0.39, 0.29) is 11.8 Å². The summed E-state index contributed by atoms with van der Waals surface area (Å²) in [6.45, 7) is 0. The second kappa shape index (κ2) is 7.15. The quantitative estimate of drug-likeness (QED) is 0.885. The predicted octanol–water partition coefficient (Wildman–Crippen LogP) is 4.27. The highest BCUT2D eigenvalue weighted by Crippen LogP contribution is 2.26. The SMILES string of the molecule is N#CCc1ccc(-c2ccc(NC(=O)C3CCCCC3)cc2)[nH]1. The number of anilines is 1. The van der Waals surface area contributed by atoms with Crippen LogP contribution in [0.3, 0.4) is 0 Å². The number of carbonyl (C=O) groups is 1. The predicted molar refractivity (Wildman–Crippen MR) is 90.8 cm³/mol. The number of aromatic amines is 1. The number of aromatic nitrogens is 1. The average molecular weight is 307 g/mol. The van der Waals surface area contributed by atoms with E-state index in [4.69, 9.17) is 5.26 Å². The summed E-state index contributed by atoms with van der Waals surface area (Å²) < 4.78 is 0. The Morgan fingerprint density at radius 3 is 2.57 bits per heavy atom. The maximum absolute atomic E-state index is 12.2. The van der Waals surface area contributed by atoms with Crippen molar-refractivity contribution in [3.63, 3.8) is 0 Å². The van der Waals surface area contributed by atoms with Gasteiger partial charge >= 0.3 is 0 Å². The molecule has 4 nitrogen and oxygen atoms in total. The van der Waals surface area contributed by atoms with Crippen LogP contribution < -0.4 is 5.32 Å². The fourth-order valence-corrected chi connectivity index (χ4v) is 3.14. The topological polar surface area (TPSA) is 68.7 Å². The molecule has 0 saturated heterocycles. The van der Waals surface area contributed by atoms with E-state index >= 15 is 0 Å². The maximum atomic E-state index is 12.2. The highest BCUT2D eigenvalue weighted by atomic mass is 16.1. The smallest absolute Gasteiger partial charge is 0.227 e. The molecular weight excluding hydrogens is 286 g/mol. The molecule has 0 radical (unpaired) electrons. The van der Waals surface area contributed by atoms with Crippen LogP contribution in [0.1, 0.15) is 37.8 Å². The van der Waals surface area contributed by atoms with Gasteiger partial charge in [-0.1, -0.05) is 31.4 Å². The first-order chi connectivity index (χ1) is 11.3. The van der Waals surface area contributed by atoms with Crippen LogP contribution in [0.4, 0.5) is 5.69 Å². The molecule has 1 saturated carbocycles. The minimum Gasteiger partial charge on any atom is -0.358 e. The van der Waals surface area contributed by atoms with Crippen LogP contribution in [0.15, 0.2) is 36.4 Å². The van der Waals surface area contributed by atoms with Crippen LogP contribution in [-0.2, 0) is 11.2 Å². The number of benzene rings is 1. The zero-order valence-corrected chi connectivity index (χ0v) is 13.1. The van der Waals surface area contributed by atoms with E-state index in [0.29, 0.717) is 6.42 Å². The molecule has 1 aliphatic carbocycles. The molecule has 0 unspecified atom stereocenters. The van der Waals surface area contributed by atoms with Gasteiger partial charge in [0, 0.05) is 23.0 Å². The number of rotatable bonds is 4. The molecule has 1 heterocycles. The van der Waals surface area contributed by atoms with Crippen LogP contribution in [0.2, 0.25) is 0 Å². The third-order valence-electron chi connectivity index (χ3n) is 4.46. The molecule has 2 N–H and O–H groups in total. The first kappa shape index (κ1) is 15.4. The van der Waals surface area contributed by atoms with Gasteiger partial charge in [-0.3, -0.25) is 4.79 Å². The van der Waals surface area contributed by atoms with Crippen molar-refractivity contribution in [2.24, 2.45) is 5.92 Å². The minimum absolute atomic E-state index is 0.147. The summed E-state index contributed by atoms with van der Waals surface area (Å²) in [5, 5.41) is 11.7. The number of carbonyl (C=O) groups excluding carboxylic acids is 1. The standard InChI is InChI=1S/C19H21N3O/c20-13-12-17-10-11-18(21-17)14-6-8-16(9-7-14)22-19(23)15-4-2-1-3-5-15/h6-11,15,21H,1-5,12H2,(H,22,23). The molecule has 3 rings (SSSR count). The van der Waals surface area contributed by atoms with Gasteiger partial charge in [-0.2, -0.15) is 5.26 Å². The number of nitrogens with one attached hydrogen (secondary N) is 2. The number of nitrogens with zero attached hydrogens (tertiary/aromatic N) is 1. The van der Waals surface area contributed by atoms with Crippen molar-refractivity contribution in [2.75, 3.05) is 5.32 Å². The summed E-state index contributed by atoms with van der Waals surface area (Å²) in [5.41, 5.74) is 3.79. The molecule has 0 aliphatic heterocycles. The molecule has 0 spiro atoms. The van der Waals surface area contributed by atoms with E-state index in [1.807, 2.05) is 36.4 Å². The Labute approximate surface area is 136 Å². The second-order valence-corrected chi connectivity index (χ2v) is 6.13. The van der Waals surface area contributed by atoms with E-state index in [1.54, 1.807) is 0 Å². The summed E-state index contributed by atoms with van der Waals surface area (Å²) in [6.07, 6.45) is 5.98. The number of amides is 1. The summed E-state index contributed by atoms with van der Waals surface area (Å²) in [4.78, 5) is 15.5. The van der Waals surface area contributed by atoms with E-state index in [2.05, 4.69) is 16.4 Å². The maximum Gasteiger partial charge on any atom is 0.227 e. The number of hydrogen-bond donors (Lipinski definition) is 2. The summed E-state index contributed by atoms with van der Waals surface area (Å²) in [5.74, 6) is 0.314. The van der Waals surface area contributed by atoms with Gasteiger partial charge in [-0.15, -0.1) is 0 Å². The fourth-order valence-electron chi connectivity index (χ4n) is 3.14. The number of nitriles is 1. The Balaban J connectivity index is 1.64. The van der Waals surface area contributed by atoms with Crippen LogP contribution in [0, 0.1) is 17.2 Å². The third kappa shape index (κ3) is 3.81. The van der Waals surface area contributed by atoms with Gasteiger partial charge in [0.25, 0.3) is 0 Å². The van der Waals surface area contributed by atoms with Crippen molar-refractivity contribution in [1.82, 2.24) is 4.98 Å². The van der Waals surface area contributed by atoms with Gasteiger partial charge in [-0.25, -0.2) is 0 Å². The molecule has 2 aromatic rings. The minimum atomic E-state index is 0.147. The van der Waals surface area contributed by atoms with E-state index < -0.39 is 0 Å². The van der Waals surface area contributed by atoms with Gasteiger partial charge in [-0.05, 0) is 42.7 Å². The number of hydrogen-bond acceptors (Lipinski definition) is 2. The zero-order valence-electron chi connectivity index (χ0n) is 13.1. The number of H-pyrrole nitrogens is 1. The molecule has 0 bridgehead atoms. The molecular formula is C19H21N3O. The lowest BCUT2D eigenvalue weighted by atomic mass is 9.88. The monoisotopic (exact) mass is 307 g/mol. The Hall–Kier alpha value is -2.54. The highest BCUT2D eigenvalue weighted by Gasteiger charge is 2.20. The molecule has 1 amide bonds. The summed E-state index contributed by atoms with van der Waals surface area (Å²) in [7, 11) is 0. The van der Waals surface area contributed by atoms with E-state index in [9.17, 15) is 4.79 Å².